The topological polar surface area (TPSA) is 49.3 Å². The first-order chi connectivity index (χ1) is 12.9. The lowest BCUT2D eigenvalue weighted by Crippen LogP contribution is -2.50. The third-order valence-electron chi connectivity index (χ3n) is 5.11. The maximum absolute atomic E-state index is 12.3. The van der Waals surface area contributed by atoms with Gasteiger partial charge in [0.15, 0.2) is 5.82 Å². The maximum atomic E-state index is 12.3. The molecule has 0 aliphatic carbocycles. The van der Waals surface area contributed by atoms with Gasteiger partial charge < -0.3 is 9.80 Å². The Kier molecular flexibility index (Phi) is 5.78. The number of benzene rings is 1. The number of aryl methyl sites for hydroxylation is 1. The van der Waals surface area contributed by atoms with Crippen molar-refractivity contribution in [1.82, 2.24) is 14.9 Å². The number of rotatable bonds is 4. The van der Waals surface area contributed by atoms with Gasteiger partial charge in [-0.1, -0.05) is 58.0 Å². The van der Waals surface area contributed by atoms with Crippen molar-refractivity contribution in [2.45, 2.75) is 40.5 Å². The van der Waals surface area contributed by atoms with Crippen LogP contribution in [0.1, 0.15) is 44.9 Å². The smallest absolute Gasteiger partial charge is 0.225 e. The molecule has 5 heteroatoms. The van der Waals surface area contributed by atoms with Gasteiger partial charge >= 0.3 is 0 Å². The minimum atomic E-state index is 0.0498. The van der Waals surface area contributed by atoms with Crippen molar-refractivity contribution < 1.29 is 4.79 Å². The molecule has 1 amide bonds. The third-order valence-corrected chi connectivity index (χ3v) is 5.11. The molecule has 0 unspecified atom stereocenters. The van der Waals surface area contributed by atoms with Crippen molar-refractivity contribution in [3.63, 3.8) is 0 Å². The van der Waals surface area contributed by atoms with E-state index in [2.05, 4.69) is 25.7 Å². The number of piperazine rings is 1. The Hall–Kier alpha value is -2.43. The van der Waals surface area contributed by atoms with E-state index in [0.717, 1.165) is 49.1 Å². The molecule has 1 fully saturated rings. The molecule has 144 valence electrons. The minimum absolute atomic E-state index is 0.0498. The molecule has 2 aromatic rings. The third kappa shape index (κ3) is 4.12. The van der Waals surface area contributed by atoms with Gasteiger partial charge in [0, 0.05) is 48.9 Å². The second-order valence-corrected chi connectivity index (χ2v) is 7.86. The fraction of sp³-hybridized carbons (Fsp3) is 0.500. The molecule has 5 nitrogen and oxygen atoms in total. The van der Waals surface area contributed by atoms with E-state index in [4.69, 9.17) is 9.97 Å². The van der Waals surface area contributed by atoms with Gasteiger partial charge in [-0.2, -0.15) is 0 Å². The summed E-state index contributed by atoms with van der Waals surface area (Å²) in [7, 11) is 0. The van der Waals surface area contributed by atoms with Crippen LogP contribution in [0.15, 0.2) is 30.3 Å². The Bertz CT molecular complexity index is 793. The van der Waals surface area contributed by atoms with Crippen LogP contribution >= 0.6 is 0 Å². The normalized spacial score (nSPS) is 14.9. The van der Waals surface area contributed by atoms with E-state index < -0.39 is 0 Å². The summed E-state index contributed by atoms with van der Waals surface area (Å²) in [6.07, 6.45) is 0. The van der Waals surface area contributed by atoms with E-state index in [1.54, 1.807) is 0 Å². The molecule has 1 saturated heterocycles. The summed E-state index contributed by atoms with van der Waals surface area (Å²) in [5.41, 5.74) is 3.28. The van der Waals surface area contributed by atoms with E-state index in [0.29, 0.717) is 5.92 Å². The van der Waals surface area contributed by atoms with E-state index in [-0.39, 0.29) is 11.8 Å². The van der Waals surface area contributed by atoms with Crippen LogP contribution in [0.25, 0.3) is 11.4 Å². The fourth-order valence-corrected chi connectivity index (χ4v) is 3.70. The highest BCUT2D eigenvalue weighted by Gasteiger charge is 2.26. The standard InChI is InChI=1S/C22H30N4O/c1-15(2)19-17(5)23-20(18-9-7-6-8-10-18)24-21(19)25-11-13-26(14-12-25)22(27)16(3)4/h6-10,15-16H,11-14H2,1-5H3. The van der Waals surface area contributed by atoms with Crippen molar-refractivity contribution in [1.29, 1.82) is 0 Å². The van der Waals surface area contributed by atoms with Gasteiger partial charge in [-0.05, 0) is 12.8 Å². The van der Waals surface area contributed by atoms with Crippen LogP contribution in [-0.4, -0.2) is 47.0 Å². The average molecular weight is 367 g/mol. The molecular weight excluding hydrogens is 336 g/mol. The first kappa shape index (κ1) is 19.3. The number of carbonyl (C=O) groups excluding carboxylic acids is 1. The van der Waals surface area contributed by atoms with Crippen LogP contribution in [0.5, 0.6) is 0 Å². The molecule has 1 aliphatic rings. The van der Waals surface area contributed by atoms with Gasteiger partial charge in [0.05, 0.1) is 0 Å². The Balaban J connectivity index is 1.92. The van der Waals surface area contributed by atoms with Crippen LogP contribution in [0.2, 0.25) is 0 Å². The second-order valence-electron chi connectivity index (χ2n) is 7.86. The summed E-state index contributed by atoms with van der Waals surface area (Å²) < 4.78 is 0. The molecule has 1 aliphatic heterocycles. The van der Waals surface area contributed by atoms with E-state index in [1.165, 1.54) is 5.56 Å². The zero-order chi connectivity index (χ0) is 19.6. The van der Waals surface area contributed by atoms with E-state index >= 15 is 0 Å². The average Bonchev–Trinajstić information content (AvgIpc) is 2.67. The lowest BCUT2D eigenvalue weighted by molar-refractivity contribution is -0.134. The highest BCUT2D eigenvalue weighted by atomic mass is 16.2. The Morgan fingerprint density at radius 3 is 2.15 bits per heavy atom. The van der Waals surface area contributed by atoms with Gasteiger partial charge in [0.1, 0.15) is 5.82 Å². The maximum Gasteiger partial charge on any atom is 0.225 e. The number of hydrogen-bond acceptors (Lipinski definition) is 4. The number of hydrogen-bond donors (Lipinski definition) is 0. The highest BCUT2D eigenvalue weighted by molar-refractivity contribution is 5.78. The predicted octanol–water partition coefficient (Wildman–Crippen LogP) is 3.88. The molecule has 3 rings (SSSR count). The highest BCUT2D eigenvalue weighted by Crippen LogP contribution is 2.31. The van der Waals surface area contributed by atoms with Crippen molar-refractivity contribution in [2.24, 2.45) is 5.92 Å². The van der Waals surface area contributed by atoms with Crippen molar-refractivity contribution >= 4 is 11.7 Å². The molecule has 0 radical (unpaired) electrons. The zero-order valence-corrected chi connectivity index (χ0v) is 17.1. The molecule has 0 bridgehead atoms. The number of carbonyl (C=O) groups is 1. The molecular formula is C22H30N4O. The molecule has 0 N–H and O–H groups in total. The second kappa shape index (κ2) is 8.07. The summed E-state index contributed by atoms with van der Waals surface area (Å²) in [6.45, 7) is 13.5. The predicted molar refractivity (Wildman–Crippen MR) is 110 cm³/mol. The first-order valence-corrected chi connectivity index (χ1v) is 9.86. The van der Waals surface area contributed by atoms with Gasteiger partial charge in [-0.15, -0.1) is 0 Å². The van der Waals surface area contributed by atoms with Crippen molar-refractivity contribution in [3.8, 4) is 11.4 Å². The molecule has 1 aromatic carbocycles. The van der Waals surface area contributed by atoms with Gasteiger partial charge in [0.2, 0.25) is 5.91 Å². The number of nitrogens with zero attached hydrogens (tertiary/aromatic N) is 4. The first-order valence-electron chi connectivity index (χ1n) is 9.86. The van der Waals surface area contributed by atoms with Crippen LogP contribution in [0.4, 0.5) is 5.82 Å². The summed E-state index contributed by atoms with van der Waals surface area (Å²) in [5, 5.41) is 0. The Morgan fingerprint density at radius 1 is 0.963 bits per heavy atom. The summed E-state index contributed by atoms with van der Waals surface area (Å²) >= 11 is 0. The number of aromatic nitrogens is 2. The largest absolute Gasteiger partial charge is 0.353 e. The SMILES string of the molecule is Cc1nc(-c2ccccc2)nc(N2CCN(C(=O)C(C)C)CC2)c1C(C)C. The minimum Gasteiger partial charge on any atom is -0.353 e. The van der Waals surface area contributed by atoms with Gasteiger partial charge in [-0.25, -0.2) is 9.97 Å². The summed E-state index contributed by atoms with van der Waals surface area (Å²) in [4.78, 5) is 26.3. The summed E-state index contributed by atoms with van der Waals surface area (Å²) in [6, 6.07) is 10.1. The quantitative estimate of drug-likeness (QED) is 0.824. The van der Waals surface area contributed by atoms with Crippen molar-refractivity contribution in [3.05, 3.63) is 41.6 Å². The van der Waals surface area contributed by atoms with Gasteiger partial charge in [0.25, 0.3) is 0 Å². The monoisotopic (exact) mass is 366 g/mol. The van der Waals surface area contributed by atoms with Gasteiger partial charge in [-0.3, -0.25) is 4.79 Å². The molecule has 0 atom stereocenters. The van der Waals surface area contributed by atoms with Crippen LogP contribution < -0.4 is 4.90 Å². The molecule has 0 spiro atoms. The van der Waals surface area contributed by atoms with Crippen LogP contribution in [-0.2, 0) is 4.79 Å². The Morgan fingerprint density at radius 2 is 1.59 bits per heavy atom. The van der Waals surface area contributed by atoms with Crippen LogP contribution in [0.3, 0.4) is 0 Å². The van der Waals surface area contributed by atoms with Crippen LogP contribution in [0, 0.1) is 12.8 Å². The van der Waals surface area contributed by atoms with E-state index in [1.807, 2.05) is 49.1 Å². The molecule has 2 heterocycles. The number of amides is 1. The summed E-state index contributed by atoms with van der Waals surface area (Å²) in [5.74, 6) is 2.43. The number of anilines is 1. The fourth-order valence-electron chi connectivity index (χ4n) is 3.70. The Labute approximate surface area is 162 Å². The zero-order valence-electron chi connectivity index (χ0n) is 17.1. The lowest BCUT2D eigenvalue weighted by atomic mass is 10.0. The molecule has 1 aromatic heterocycles. The molecule has 27 heavy (non-hydrogen) atoms. The van der Waals surface area contributed by atoms with Crippen molar-refractivity contribution in [2.75, 3.05) is 31.1 Å². The lowest BCUT2D eigenvalue weighted by Gasteiger charge is -2.37. The van der Waals surface area contributed by atoms with E-state index in [9.17, 15) is 4.79 Å². The molecule has 0 saturated carbocycles.